The van der Waals surface area contributed by atoms with Crippen LogP contribution in [0.3, 0.4) is 0 Å². The molecule has 1 N–H and O–H groups in total. The van der Waals surface area contributed by atoms with Crippen molar-refractivity contribution in [2.45, 2.75) is 26.8 Å². The van der Waals surface area contributed by atoms with Crippen LogP contribution in [0.5, 0.6) is 0 Å². The van der Waals surface area contributed by atoms with Gasteiger partial charge in [-0.3, -0.25) is 9.59 Å². The van der Waals surface area contributed by atoms with Gasteiger partial charge in [0.05, 0.1) is 10.3 Å². The standard InChI is InChI=1S/C24H23N3O2S/c1-15-9-11-18(12-10-15)14-27(3)24(29)21-16(2)20-22(28)25-19(26-23(20)30-21)13-17-7-5-4-6-8-17/h4-12H,13-14H2,1-3H3,(H,25,26,28). The number of rotatable bonds is 5. The van der Waals surface area contributed by atoms with Crippen LogP contribution in [0.15, 0.2) is 59.4 Å². The first kappa shape index (κ1) is 20.0. The molecule has 2 aromatic heterocycles. The number of aromatic amines is 1. The van der Waals surface area contributed by atoms with E-state index in [-0.39, 0.29) is 11.5 Å². The lowest BCUT2D eigenvalue weighted by Crippen LogP contribution is -2.26. The number of nitrogens with zero attached hydrogens (tertiary/aromatic N) is 2. The number of carbonyl (C=O) groups is 1. The van der Waals surface area contributed by atoms with Crippen molar-refractivity contribution in [2.75, 3.05) is 7.05 Å². The van der Waals surface area contributed by atoms with E-state index in [0.29, 0.717) is 39.4 Å². The molecule has 0 saturated heterocycles. The highest BCUT2D eigenvalue weighted by Crippen LogP contribution is 2.28. The first-order chi connectivity index (χ1) is 14.4. The summed E-state index contributed by atoms with van der Waals surface area (Å²) in [6.07, 6.45) is 0.541. The van der Waals surface area contributed by atoms with E-state index >= 15 is 0 Å². The van der Waals surface area contributed by atoms with E-state index in [1.807, 2.05) is 68.4 Å². The molecule has 6 heteroatoms. The smallest absolute Gasteiger partial charge is 0.264 e. The summed E-state index contributed by atoms with van der Waals surface area (Å²) in [5, 5.41) is 0.504. The van der Waals surface area contributed by atoms with Crippen LogP contribution < -0.4 is 5.56 Å². The Morgan fingerprint density at radius 2 is 1.73 bits per heavy atom. The van der Waals surface area contributed by atoms with Crippen molar-refractivity contribution in [3.8, 4) is 0 Å². The molecule has 0 radical (unpaired) electrons. The molecule has 152 valence electrons. The second-order valence-electron chi connectivity index (χ2n) is 7.56. The van der Waals surface area contributed by atoms with Gasteiger partial charge in [0.2, 0.25) is 0 Å². The highest BCUT2D eigenvalue weighted by molar-refractivity contribution is 7.20. The Labute approximate surface area is 179 Å². The van der Waals surface area contributed by atoms with E-state index in [2.05, 4.69) is 9.97 Å². The summed E-state index contributed by atoms with van der Waals surface area (Å²) in [4.78, 5) is 36.2. The summed E-state index contributed by atoms with van der Waals surface area (Å²) >= 11 is 1.29. The third-order valence-electron chi connectivity index (χ3n) is 5.15. The zero-order valence-corrected chi connectivity index (χ0v) is 18.0. The van der Waals surface area contributed by atoms with Gasteiger partial charge in [-0.1, -0.05) is 60.2 Å². The molecular weight excluding hydrogens is 394 g/mol. The minimum Gasteiger partial charge on any atom is -0.337 e. The summed E-state index contributed by atoms with van der Waals surface area (Å²) in [5.74, 6) is 0.507. The van der Waals surface area contributed by atoms with Gasteiger partial charge in [-0.05, 0) is 30.5 Å². The predicted octanol–water partition coefficient (Wildman–Crippen LogP) is 4.46. The Balaban J connectivity index is 1.63. The van der Waals surface area contributed by atoms with E-state index < -0.39 is 0 Å². The van der Waals surface area contributed by atoms with Gasteiger partial charge in [-0.2, -0.15) is 0 Å². The topological polar surface area (TPSA) is 66.1 Å². The van der Waals surface area contributed by atoms with Crippen LogP contribution in [0.25, 0.3) is 10.2 Å². The van der Waals surface area contributed by atoms with Crippen molar-refractivity contribution in [3.63, 3.8) is 0 Å². The predicted molar refractivity (Wildman–Crippen MR) is 121 cm³/mol. The highest BCUT2D eigenvalue weighted by Gasteiger charge is 2.22. The number of benzene rings is 2. The summed E-state index contributed by atoms with van der Waals surface area (Å²) in [5.41, 5.74) is 3.82. The number of thiophene rings is 1. The fraction of sp³-hybridized carbons (Fsp3) is 0.208. The first-order valence-electron chi connectivity index (χ1n) is 9.79. The van der Waals surface area contributed by atoms with Crippen molar-refractivity contribution < 1.29 is 4.79 Å². The number of fused-ring (bicyclic) bond motifs is 1. The molecule has 0 spiro atoms. The number of aromatic nitrogens is 2. The Morgan fingerprint density at radius 3 is 2.43 bits per heavy atom. The summed E-state index contributed by atoms with van der Waals surface area (Å²) in [6, 6.07) is 18.0. The molecule has 1 amide bonds. The lowest BCUT2D eigenvalue weighted by Gasteiger charge is -2.17. The van der Waals surface area contributed by atoms with Crippen LogP contribution in [0.4, 0.5) is 0 Å². The van der Waals surface area contributed by atoms with Crippen LogP contribution in [0.1, 0.15) is 37.7 Å². The van der Waals surface area contributed by atoms with Crippen LogP contribution in [-0.2, 0) is 13.0 Å². The fourth-order valence-corrected chi connectivity index (χ4v) is 4.67. The number of nitrogens with one attached hydrogen (secondary N) is 1. The Hall–Kier alpha value is -3.25. The van der Waals surface area contributed by atoms with Crippen molar-refractivity contribution in [1.29, 1.82) is 0 Å². The largest absolute Gasteiger partial charge is 0.337 e. The molecule has 4 rings (SSSR count). The third-order valence-corrected chi connectivity index (χ3v) is 6.32. The number of H-pyrrole nitrogens is 1. The Morgan fingerprint density at radius 1 is 1.03 bits per heavy atom. The molecule has 0 saturated carbocycles. The molecule has 0 aliphatic heterocycles. The van der Waals surface area contributed by atoms with Gasteiger partial charge >= 0.3 is 0 Å². The van der Waals surface area contributed by atoms with E-state index in [4.69, 9.17) is 0 Å². The quantitative estimate of drug-likeness (QED) is 0.521. The molecule has 4 aromatic rings. The number of hydrogen-bond acceptors (Lipinski definition) is 4. The SMILES string of the molecule is Cc1ccc(CN(C)C(=O)c2sc3nc(Cc4ccccc4)[nH]c(=O)c3c2C)cc1. The average Bonchev–Trinajstić information content (AvgIpc) is 3.06. The molecule has 30 heavy (non-hydrogen) atoms. The van der Waals surface area contributed by atoms with E-state index in [1.54, 1.807) is 11.9 Å². The van der Waals surface area contributed by atoms with Crippen LogP contribution in [-0.4, -0.2) is 27.8 Å². The molecule has 2 heterocycles. The average molecular weight is 418 g/mol. The van der Waals surface area contributed by atoms with Gasteiger partial charge in [0.25, 0.3) is 11.5 Å². The van der Waals surface area contributed by atoms with Crippen LogP contribution in [0.2, 0.25) is 0 Å². The lowest BCUT2D eigenvalue weighted by molar-refractivity contribution is 0.0789. The minimum absolute atomic E-state index is 0.0971. The van der Waals surface area contributed by atoms with Crippen LogP contribution in [0, 0.1) is 13.8 Å². The number of aryl methyl sites for hydroxylation is 2. The number of amides is 1. The van der Waals surface area contributed by atoms with Crippen molar-refractivity contribution in [1.82, 2.24) is 14.9 Å². The maximum atomic E-state index is 13.1. The molecule has 0 aliphatic carbocycles. The van der Waals surface area contributed by atoms with E-state index in [0.717, 1.165) is 11.1 Å². The zero-order valence-electron chi connectivity index (χ0n) is 17.2. The molecule has 5 nitrogen and oxygen atoms in total. The maximum absolute atomic E-state index is 13.1. The molecule has 0 aliphatic rings. The molecule has 0 unspecified atom stereocenters. The number of hydrogen-bond donors (Lipinski definition) is 1. The third kappa shape index (κ3) is 4.04. The van der Waals surface area contributed by atoms with E-state index in [1.165, 1.54) is 16.9 Å². The highest BCUT2D eigenvalue weighted by atomic mass is 32.1. The summed E-state index contributed by atoms with van der Waals surface area (Å²) in [7, 11) is 1.78. The van der Waals surface area contributed by atoms with Gasteiger partial charge in [0.1, 0.15) is 10.7 Å². The van der Waals surface area contributed by atoms with Crippen molar-refractivity contribution >= 4 is 27.5 Å². The van der Waals surface area contributed by atoms with Crippen molar-refractivity contribution in [3.05, 3.63) is 97.9 Å². The van der Waals surface area contributed by atoms with E-state index in [9.17, 15) is 9.59 Å². The summed E-state index contributed by atoms with van der Waals surface area (Å²) in [6.45, 7) is 4.37. The van der Waals surface area contributed by atoms with Gasteiger partial charge in [0, 0.05) is 20.0 Å². The molecule has 2 aromatic carbocycles. The fourth-order valence-electron chi connectivity index (χ4n) is 3.48. The molecule has 0 bridgehead atoms. The second kappa shape index (κ2) is 8.24. The lowest BCUT2D eigenvalue weighted by atomic mass is 10.1. The van der Waals surface area contributed by atoms with Crippen LogP contribution >= 0.6 is 11.3 Å². The number of carbonyl (C=O) groups excluding carboxylic acids is 1. The normalized spacial score (nSPS) is 11.0. The maximum Gasteiger partial charge on any atom is 0.264 e. The van der Waals surface area contributed by atoms with Gasteiger partial charge in [0.15, 0.2) is 0 Å². The molecule has 0 fully saturated rings. The Kier molecular flexibility index (Phi) is 5.50. The second-order valence-corrected chi connectivity index (χ2v) is 8.56. The van der Waals surface area contributed by atoms with Gasteiger partial charge < -0.3 is 9.88 Å². The van der Waals surface area contributed by atoms with Gasteiger partial charge in [-0.25, -0.2) is 4.98 Å². The first-order valence-corrected chi connectivity index (χ1v) is 10.6. The Bertz CT molecular complexity index is 1260. The minimum atomic E-state index is -0.195. The van der Waals surface area contributed by atoms with Gasteiger partial charge in [-0.15, -0.1) is 11.3 Å². The monoisotopic (exact) mass is 417 g/mol. The van der Waals surface area contributed by atoms with Crippen molar-refractivity contribution in [2.24, 2.45) is 0 Å². The molecular formula is C24H23N3O2S. The molecule has 0 atom stereocenters. The zero-order chi connectivity index (χ0) is 21.3. The summed E-state index contributed by atoms with van der Waals surface area (Å²) < 4.78 is 0.